The third-order valence-corrected chi connectivity index (χ3v) is 7.68. The predicted octanol–water partition coefficient (Wildman–Crippen LogP) is 0.418. The third kappa shape index (κ3) is 1.17. The van der Waals surface area contributed by atoms with E-state index in [0.29, 0.717) is 0 Å². The summed E-state index contributed by atoms with van der Waals surface area (Å²) in [4.78, 5) is 38.6. The van der Waals surface area contributed by atoms with Crippen LogP contribution in [-0.2, 0) is 23.9 Å². The van der Waals surface area contributed by atoms with Gasteiger partial charge in [-0.3, -0.25) is 14.4 Å². The van der Waals surface area contributed by atoms with Gasteiger partial charge in [0.1, 0.15) is 17.3 Å². The minimum absolute atomic E-state index is 0.0664. The van der Waals surface area contributed by atoms with Crippen LogP contribution in [0.4, 0.5) is 0 Å². The molecule has 0 radical (unpaired) electrons. The van der Waals surface area contributed by atoms with Gasteiger partial charge < -0.3 is 14.6 Å². The molecule has 0 aromatic carbocycles. The van der Waals surface area contributed by atoms with E-state index < -0.39 is 46.4 Å². The first-order chi connectivity index (χ1) is 11.2. The summed E-state index contributed by atoms with van der Waals surface area (Å²) in [7, 11) is 0. The molecule has 5 rings (SSSR count). The van der Waals surface area contributed by atoms with Gasteiger partial charge in [-0.25, -0.2) is 0 Å². The van der Waals surface area contributed by atoms with Gasteiger partial charge in [-0.1, -0.05) is 12.5 Å². The number of Topliss-reactive ketones (excluding diaryl/α,β-unsaturated/α-hetero) is 1. The lowest BCUT2D eigenvalue weighted by Crippen LogP contribution is -2.69. The number of esters is 1. The summed E-state index contributed by atoms with van der Waals surface area (Å²) in [6.45, 7) is 5.51. The molecule has 5 aliphatic rings. The summed E-state index contributed by atoms with van der Waals surface area (Å²) in [5.74, 6) is -2.24. The molecule has 2 heterocycles. The minimum Gasteiger partial charge on any atom is -0.456 e. The van der Waals surface area contributed by atoms with Crippen molar-refractivity contribution in [2.45, 2.75) is 45.0 Å². The standard InChI is InChI=1S/C18H20O6/c1-7-4-9(19)16(2)8(7)5-10(20)18-6-23-17(3)13(18)15(22)24-14(17)11(21)12(16)18/h4,8,11-14,21H,5-6H2,1-3H3/t8-,11-,12-,13+,14+,16-,17+,18-/m1/s1. The maximum Gasteiger partial charge on any atom is 0.313 e. The highest BCUT2D eigenvalue weighted by molar-refractivity contribution is 6.04. The molecule has 3 aliphatic carbocycles. The second kappa shape index (κ2) is 3.83. The zero-order valence-corrected chi connectivity index (χ0v) is 13.9. The summed E-state index contributed by atoms with van der Waals surface area (Å²) in [5, 5.41) is 11.1. The first-order valence-corrected chi connectivity index (χ1v) is 8.47. The van der Waals surface area contributed by atoms with E-state index in [4.69, 9.17) is 9.47 Å². The molecule has 0 amide bonds. The van der Waals surface area contributed by atoms with E-state index in [2.05, 4.69) is 0 Å². The Labute approximate surface area is 139 Å². The van der Waals surface area contributed by atoms with E-state index >= 15 is 0 Å². The van der Waals surface area contributed by atoms with E-state index in [1.54, 1.807) is 13.0 Å². The molecule has 4 fully saturated rings. The van der Waals surface area contributed by atoms with E-state index in [-0.39, 0.29) is 30.5 Å². The van der Waals surface area contributed by atoms with Crippen molar-refractivity contribution in [3.63, 3.8) is 0 Å². The second-order valence-electron chi connectivity index (χ2n) is 8.49. The van der Waals surface area contributed by atoms with Gasteiger partial charge in [0, 0.05) is 17.8 Å². The molecular weight excluding hydrogens is 312 g/mol. The molecule has 4 bridgehead atoms. The normalized spacial score (nSPS) is 57.6. The Hall–Kier alpha value is -1.53. The maximum absolute atomic E-state index is 13.2. The van der Waals surface area contributed by atoms with E-state index in [9.17, 15) is 19.5 Å². The first-order valence-electron chi connectivity index (χ1n) is 8.47. The number of fused-ring (bicyclic) bond motifs is 2. The van der Waals surface area contributed by atoms with Crippen LogP contribution in [0.15, 0.2) is 11.6 Å². The van der Waals surface area contributed by atoms with Crippen molar-refractivity contribution in [1.82, 2.24) is 0 Å². The Morgan fingerprint density at radius 3 is 2.67 bits per heavy atom. The van der Waals surface area contributed by atoms with Crippen LogP contribution in [0.3, 0.4) is 0 Å². The van der Waals surface area contributed by atoms with Crippen molar-refractivity contribution in [3.8, 4) is 0 Å². The first kappa shape index (κ1) is 14.8. The number of ether oxygens (including phenoxy) is 2. The lowest BCUT2D eigenvalue weighted by Gasteiger charge is -2.56. The Bertz CT molecular complexity index is 755. The summed E-state index contributed by atoms with van der Waals surface area (Å²) in [6.07, 6.45) is -0.104. The minimum atomic E-state index is -1.16. The summed E-state index contributed by atoms with van der Waals surface area (Å²) in [5.41, 5.74) is -2.16. The molecule has 0 unspecified atom stereocenters. The molecule has 6 nitrogen and oxygen atoms in total. The van der Waals surface area contributed by atoms with Crippen molar-refractivity contribution < 1.29 is 29.0 Å². The lowest BCUT2D eigenvalue weighted by atomic mass is 9.42. The SMILES string of the molecule is CC1=CC(=O)[C@@]2(C)[C@@H]1CC(=O)[C@@]13CO[C@]4(C)[C@@H](OC(=O)[C@@H]41)[C@H](O)[C@H]23. The van der Waals surface area contributed by atoms with Gasteiger partial charge >= 0.3 is 5.97 Å². The largest absolute Gasteiger partial charge is 0.456 e. The van der Waals surface area contributed by atoms with E-state index in [1.165, 1.54) is 0 Å². The van der Waals surface area contributed by atoms with E-state index in [0.717, 1.165) is 5.57 Å². The Balaban J connectivity index is 1.78. The fourth-order valence-corrected chi connectivity index (χ4v) is 6.64. The molecule has 1 N–H and O–H groups in total. The molecular formula is C18H20O6. The molecule has 1 spiro atoms. The summed E-state index contributed by atoms with van der Waals surface area (Å²) in [6, 6.07) is 0. The van der Waals surface area contributed by atoms with Crippen LogP contribution in [0.25, 0.3) is 0 Å². The van der Waals surface area contributed by atoms with Crippen molar-refractivity contribution in [3.05, 3.63) is 11.6 Å². The Kier molecular flexibility index (Phi) is 2.36. The number of aliphatic hydroxyl groups excluding tert-OH is 1. The van der Waals surface area contributed by atoms with Gasteiger partial charge in [-0.15, -0.1) is 0 Å². The number of hydrogen-bond acceptors (Lipinski definition) is 6. The zero-order chi connectivity index (χ0) is 17.2. The van der Waals surface area contributed by atoms with Crippen LogP contribution in [0.5, 0.6) is 0 Å². The number of allylic oxidation sites excluding steroid dienone is 2. The highest BCUT2D eigenvalue weighted by Crippen LogP contribution is 2.70. The zero-order valence-electron chi connectivity index (χ0n) is 13.9. The van der Waals surface area contributed by atoms with Crippen molar-refractivity contribution in [1.29, 1.82) is 0 Å². The number of carbonyl (C=O) groups is 3. The van der Waals surface area contributed by atoms with Crippen molar-refractivity contribution in [2.24, 2.45) is 28.6 Å². The predicted molar refractivity (Wildman–Crippen MR) is 79.6 cm³/mol. The fourth-order valence-electron chi connectivity index (χ4n) is 6.64. The van der Waals surface area contributed by atoms with Crippen LogP contribution < -0.4 is 0 Å². The number of hydrogen-bond donors (Lipinski definition) is 1. The van der Waals surface area contributed by atoms with E-state index in [1.807, 2.05) is 13.8 Å². The van der Waals surface area contributed by atoms with Gasteiger partial charge in [-0.2, -0.15) is 0 Å². The average molecular weight is 332 g/mol. The fraction of sp³-hybridized carbons (Fsp3) is 0.722. The lowest BCUT2D eigenvalue weighted by molar-refractivity contribution is -0.183. The highest BCUT2D eigenvalue weighted by Gasteiger charge is 2.83. The summed E-state index contributed by atoms with van der Waals surface area (Å²) < 4.78 is 11.4. The molecule has 0 aromatic heterocycles. The molecule has 0 aromatic rings. The molecule has 2 saturated carbocycles. The van der Waals surface area contributed by atoms with Gasteiger partial charge in [-0.05, 0) is 25.8 Å². The topological polar surface area (TPSA) is 89.9 Å². The molecule has 6 heteroatoms. The molecule has 2 saturated heterocycles. The van der Waals surface area contributed by atoms with Crippen LogP contribution in [0.1, 0.15) is 27.2 Å². The molecule has 24 heavy (non-hydrogen) atoms. The highest BCUT2D eigenvalue weighted by atomic mass is 16.6. The van der Waals surface area contributed by atoms with Crippen LogP contribution in [0.2, 0.25) is 0 Å². The maximum atomic E-state index is 13.2. The monoisotopic (exact) mass is 332 g/mol. The van der Waals surface area contributed by atoms with Crippen LogP contribution in [-0.4, -0.2) is 47.1 Å². The number of ketones is 2. The number of rotatable bonds is 0. The van der Waals surface area contributed by atoms with Gasteiger partial charge in [0.2, 0.25) is 0 Å². The van der Waals surface area contributed by atoms with Gasteiger partial charge in [0.15, 0.2) is 11.9 Å². The quantitative estimate of drug-likeness (QED) is 0.647. The van der Waals surface area contributed by atoms with Gasteiger partial charge in [0.05, 0.1) is 18.1 Å². The third-order valence-electron chi connectivity index (χ3n) is 7.68. The smallest absolute Gasteiger partial charge is 0.313 e. The average Bonchev–Trinajstić information content (AvgIpc) is 2.97. The summed E-state index contributed by atoms with van der Waals surface area (Å²) >= 11 is 0. The number of aliphatic hydroxyl groups is 1. The number of carbonyl (C=O) groups excluding carboxylic acids is 3. The second-order valence-corrected chi connectivity index (χ2v) is 8.49. The Morgan fingerprint density at radius 2 is 1.96 bits per heavy atom. The van der Waals surface area contributed by atoms with Crippen molar-refractivity contribution >= 4 is 17.5 Å². The Morgan fingerprint density at radius 1 is 1.25 bits per heavy atom. The van der Waals surface area contributed by atoms with Crippen LogP contribution >= 0.6 is 0 Å². The molecule has 8 atom stereocenters. The van der Waals surface area contributed by atoms with Crippen molar-refractivity contribution in [2.75, 3.05) is 6.61 Å². The van der Waals surface area contributed by atoms with Crippen LogP contribution in [0, 0.1) is 28.6 Å². The van der Waals surface area contributed by atoms with Gasteiger partial charge in [0.25, 0.3) is 0 Å². The molecule has 2 aliphatic heterocycles. The molecule has 128 valence electrons.